The van der Waals surface area contributed by atoms with Crippen LogP contribution in [0.2, 0.25) is 5.02 Å². The van der Waals surface area contributed by atoms with Gasteiger partial charge in [0.25, 0.3) is 0 Å². The molecule has 0 saturated carbocycles. The summed E-state index contributed by atoms with van der Waals surface area (Å²) in [7, 11) is 0. The lowest BCUT2D eigenvalue weighted by Gasteiger charge is -2.13. The molecule has 0 aliphatic carbocycles. The lowest BCUT2D eigenvalue weighted by atomic mass is 10.2. The maximum Gasteiger partial charge on any atom is 0.233 e. The van der Waals surface area contributed by atoms with Crippen LogP contribution in [-0.2, 0) is 17.9 Å². The first kappa shape index (κ1) is 20.6. The molecule has 1 atom stereocenters. The number of ether oxygens (including phenoxy) is 2. The van der Waals surface area contributed by atoms with Crippen LogP contribution in [0.4, 0.5) is 0 Å². The molecular formula is C21H21ClN4O3S. The number of hydrogen-bond donors (Lipinski definition) is 1. The minimum Gasteiger partial charge on any atom is -0.454 e. The fourth-order valence-corrected chi connectivity index (χ4v) is 4.13. The van der Waals surface area contributed by atoms with Gasteiger partial charge in [-0.15, -0.1) is 10.2 Å². The molecule has 1 aliphatic rings. The zero-order valence-corrected chi connectivity index (χ0v) is 18.2. The number of fused-ring (bicyclic) bond motifs is 1. The van der Waals surface area contributed by atoms with Crippen LogP contribution >= 0.6 is 23.4 Å². The van der Waals surface area contributed by atoms with Crippen molar-refractivity contribution in [2.75, 3.05) is 6.79 Å². The van der Waals surface area contributed by atoms with Crippen molar-refractivity contribution in [3.8, 4) is 22.9 Å². The first-order valence-electron chi connectivity index (χ1n) is 9.57. The van der Waals surface area contributed by atoms with E-state index in [2.05, 4.69) is 15.5 Å². The number of rotatable bonds is 7. The molecule has 2 heterocycles. The van der Waals surface area contributed by atoms with Crippen molar-refractivity contribution in [1.82, 2.24) is 20.1 Å². The highest BCUT2D eigenvalue weighted by atomic mass is 35.5. The zero-order chi connectivity index (χ0) is 21.1. The summed E-state index contributed by atoms with van der Waals surface area (Å²) in [6.07, 6.45) is 0. The molecule has 1 aliphatic heterocycles. The van der Waals surface area contributed by atoms with Crippen molar-refractivity contribution in [2.45, 2.75) is 37.3 Å². The van der Waals surface area contributed by atoms with E-state index in [4.69, 9.17) is 21.1 Å². The van der Waals surface area contributed by atoms with Crippen LogP contribution in [0.3, 0.4) is 0 Å². The minimum absolute atomic E-state index is 0.0728. The van der Waals surface area contributed by atoms with Gasteiger partial charge in [0, 0.05) is 23.7 Å². The highest BCUT2D eigenvalue weighted by Crippen LogP contribution is 2.32. The van der Waals surface area contributed by atoms with Crippen LogP contribution in [0, 0.1) is 0 Å². The number of hydrogen-bond acceptors (Lipinski definition) is 6. The molecule has 4 rings (SSSR count). The Hall–Kier alpha value is -2.71. The molecule has 1 aromatic heterocycles. The molecule has 9 heteroatoms. The molecule has 7 nitrogen and oxygen atoms in total. The lowest BCUT2D eigenvalue weighted by molar-refractivity contribution is -0.120. The van der Waals surface area contributed by atoms with Crippen LogP contribution in [0.25, 0.3) is 11.4 Å². The highest BCUT2D eigenvalue weighted by Gasteiger charge is 2.20. The predicted octanol–water partition coefficient (Wildman–Crippen LogP) is 4.14. The van der Waals surface area contributed by atoms with Crippen LogP contribution < -0.4 is 14.8 Å². The summed E-state index contributed by atoms with van der Waals surface area (Å²) in [5, 5.41) is 12.6. The number of thioether (sulfide) groups is 1. The van der Waals surface area contributed by atoms with Gasteiger partial charge in [0.05, 0.1) is 5.25 Å². The lowest BCUT2D eigenvalue weighted by Crippen LogP contribution is -2.30. The number of aromatic nitrogens is 3. The van der Waals surface area contributed by atoms with Crippen LogP contribution in [0.15, 0.2) is 47.6 Å². The van der Waals surface area contributed by atoms with Crippen LogP contribution in [0.1, 0.15) is 19.4 Å². The third-order valence-corrected chi connectivity index (χ3v) is 6.02. The van der Waals surface area contributed by atoms with Crippen molar-refractivity contribution in [3.05, 3.63) is 53.1 Å². The van der Waals surface area contributed by atoms with E-state index in [-0.39, 0.29) is 18.0 Å². The number of nitrogens with one attached hydrogen (secondary N) is 1. The minimum atomic E-state index is -0.327. The van der Waals surface area contributed by atoms with Gasteiger partial charge >= 0.3 is 0 Å². The van der Waals surface area contributed by atoms with Gasteiger partial charge in [-0.25, -0.2) is 0 Å². The van der Waals surface area contributed by atoms with E-state index >= 15 is 0 Å². The van der Waals surface area contributed by atoms with E-state index in [9.17, 15) is 4.79 Å². The topological polar surface area (TPSA) is 78.3 Å². The van der Waals surface area contributed by atoms with Crippen molar-refractivity contribution < 1.29 is 14.3 Å². The molecule has 30 heavy (non-hydrogen) atoms. The van der Waals surface area contributed by atoms with Gasteiger partial charge in [-0.2, -0.15) is 0 Å². The van der Waals surface area contributed by atoms with Crippen molar-refractivity contribution in [1.29, 1.82) is 0 Å². The van der Waals surface area contributed by atoms with Gasteiger partial charge in [0.1, 0.15) is 0 Å². The molecule has 1 unspecified atom stereocenters. The normalized spacial score (nSPS) is 13.3. The number of nitrogens with zero attached hydrogens (tertiary/aromatic N) is 3. The average molecular weight is 445 g/mol. The Morgan fingerprint density at radius 2 is 1.97 bits per heavy atom. The number of carbonyl (C=O) groups excluding carboxylic acids is 1. The number of halogens is 1. The van der Waals surface area contributed by atoms with Crippen molar-refractivity contribution >= 4 is 29.3 Å². The molecule has 0 spiro atoms. The van der Waals surface area contributed by atoms with E-state index in [1.807, 2.05) is 60.9 Å². The Bertz CT molecular complexity index is 1050. The van der Waals surface area contributed by atoms with Gasteiger partial charge in [-0.3, -0.25) is 4.79 Å². The molecule has 3 aromatic rings. The van der Waals surface area contributed by atoms with Gasteiger partial charge in [-0.05, 0) is 55.8 Å². The number of carbonyl (C=O) groups is 1. The zero-order valence-electron chi connectivity index (χ0n) is 16.6. The smallest absolute Gasteiger partial charge is 0.233 e. The second-order valence-electron chi connectivity index (χ2n) is 6.72. The Labute approximate surface area is 183 Å². The van der Waals surface area contributed by atoms with E-state index in [0.29, 0.717) is 29.0 Å². The standard InChI is InChI=1S/C21H21ClN4O3S/c1-3-26-19(15-5-7-16(22)8-6-15)24-25-21(26)30-13(2)20(27)23-11-14-4-9-17-18(10-14)29-12-28-17/h4-10,13H,3,11-12H2,1-2H3,(H,23,27). The van der Waals surface area contributed by atoms with Crippen LogP contribution in [-0.4, -0.2) is 32.7 Å². The average Bonchev–Trinajstić information content (AvgIpc) is 3.38. The van der Waals surface area contributed by atoms with E-state index < -0.39 is 0 Å². The molecule has 0 bridgehead atoms. The second kappa shape index (κ2) is 8.97. The molecule has 156 valence electrons. The Kier molecular flexibility index (Phi) is 6.15. The highest BCUT2D eigenvalue weighted by molar-refractivity contribution is 8.00. The summed E-state index contributed by atoms with van der Waals surface area (Å²) in [6, 6.07) is 13.1. The predicted molar refractivity (Wildman–Crippen MR) is 116 cm³/mol. The van der Waals surface area contributed by atoms with Gasteiger partial charge in [0.15, 0.2) is 22.5 Å². The van der Waals surface area contributed by atoms with Crippen LogP contribution in [0.5, 0.6) is 11.5 Å². The molecule has 1 N–H and O–H groups in total. The fourth-order valence-electron chi connectivity index (χ4n) is 3.07. The maximum absolute atomic E-state index is 12.6. The summed E-state index contributed by atoms with van der Waals surface area (Å²) < 4.78 is 12.7. The maximum atomic E-state index is 12.6. The Morgan fingerprint density at radius 1 is 1.20 bits per heavy atom. The summed E-state index contributed by atoms with van der Waals surface area (Å²) in [6.45, 7) is 5.22. The van der Waals surface area contributed by atoms with E-state index in [0.717, 1.165) is 22.7 Å². The summed E-state index contributed by atoms with van der Waals surface area (Å²) in [5.74, 6) is 2.11. The van der Waals surface area contributed by atoms with E-state index in [1.165, 1.54) is 11.8 Å². The van der Waals surface area contributed by atoms with E-state index in [1.54, 1.807) is 0 Å². The Balaban J connectivity index is 1.40. The molecule has 0 saturated heterocycles. The molecule has 0 radical (unpaired) electrons. The first-order chi connectivity index (χ1) is 14.5. The second-order valence-corrected chi connectivity index (χ2v) is 8.47. The number of benzene rings is 2. The van der Waals surface area contributed by atoms with Gasteiger partial charge < -0.3 is 19.4 Å². The summed E-state index contributed by atoms with van der Waals surface area (Å²) in [5.41, 5.74) is 1.88. The summed E-state index contributed by atoms with van der Waals surface area (Å²) >= 11 is 7.36. The van der Waals surface area contributed by atoms with Crippen molar-refractivity contribution in [3.63, 3.8) is 0 Å². The molecule has 1 amide bonds. The largest absolute Gasteiger partial charge is 0.454 e. The third kappa shape index (κ3) is 4.39. The van der Waals surface area contributed by atoms with Gasteiger partial charge in [-0.1, -0.05) is 29.4 Å². The summed E-state index contributed by atoms with van der Waals surface area (Å²) in [4.78, 5) is 12.6. The van der Waals surface area contributed by atoms with Crippen molar-refractivity contribution in [2.24, 2.45) is 0 Å². The molecule has 0 fully saturated rings. The molecule has 2 aromatic carbocycles. The number of amides is 1. The third-order valence-electron chi connectivity index (χ3n) is 4.69. The van der Waals surface area contributed by atoms with Gasteiger partial charge in [0.2, 0.25) is 12.7 Å². The Morgan fingerprint density at radius 3 is 2.73 bits per heavy atom. The quantitative estimate of drug-likeness (QED) is 0.552. The SMILES string of the molecule is CCn1c(SC(C)C(=O)NCc2ccc3c(c2)OCO3)nnc1-c1ccc(Cl)cc1. The first-order valence-corrected chi connectivity index (χ1v) is 10.8. The molecular weight excluding hydrogens is 424 g/mol. The monoisotopic (exact) mass is 444 g/mol. The fraction of sp³-hybridized carbons (Fsp3) is 0.286.